The molecule has 1 nitrogen and oxygen atoms in total. The molecule has 0 N–H and O–H groups in total. The highest BCUT2D eigenvalue weighted by Crippen LogP contribution is 2.31. The Morgan fingerprint density at radius 3 is 2.37 bits per heavy atom. The maximum Gasteiger partial charge on any atom is 0.0774 e. The van der Waals surface area contributed by atoms with Crippen LogP contribution in [0.15, 0.2) is 48.5 Å². The van der Waals surface area contributed by atoms with Gasteiger partial charge in [-0.3, -0.25) is 0 Å². The number of anilines is 1. The molecule has 0 aromatic heterocycles. The third kappa shape index (κ3) is 3.79. The molecule has 0 saturated heterocycles. The number of hydrogen-bond donors (Lipinski definition) is 0. The van der Waals surface area contributed by atoms with Crippen molar-refractivity contribution in [3.63, 3.8) is 0 Å². The van der Waals surface area contributed by atoms with E-state index in [4.69, 9.17) is 34.8 Å². The first-order valence-electron chi connectivity index (χ1n) is 5.93. The smallest absolute Gasteiger partial charge is 0.0774 e. The lowest BCUT2D eigenvalue weighted by Gasteiger charge is -2.23. The Morgan fingerprint density at radius 2 is 1.74 bits per heavy atom. The zero-order chi connectivity index (χ0) is 13.8. The number of benzene rings is 2. The standard InChI is InChI=1S/C15H14Cl3N/c1-19(12-5-3-2-4-6-12)10-15(18)13-8-7-11(16)9-14(13)17/h2-9,15H,10H2,1H3. The SMILES string of the molecule is CN(CC(Cl)c1ccc(Cl)cc1Cl)c1ccccc1. The number of rotatable bonds is 4. The highest BCUT2D eigenvalue weighted by molar-refractivity contribution is 6.35. The maximum atomic E-state index is 6.44. The lowest BCUT2D eigenvalue weighted by Crippen LogP contribution is -2.21. The van der Waals surface area contributed by atoms with E-state index in [2.05, 4.69) is 4.90 Å². The Kier molecular flexibility index (Phi) is 4.98. The van der Waals surface area contributed by atoms with Crippen molar-refractivity contribution in [2.24, 2.45) is 0 Å². The van der Waals surface area contributed by atoms with Crippen molar-refractivity contribution < 1.29 is 0 Å². The van der Waals surface area contributed by atoms with Crippen LogP contribution < -0.4 is 4.90 Å². The fourth-order valence-electron chi connectivity index (χ4n) is 1.88. The number of hydrogen-bond acceptors (Lipinski definition) is 1. The van der Waals surface area contributed by atoms with E-state index in [1.54, 1.807) is 12.1 Å². The Bertz CT molecular complexity index is 542. The molecule has 2 rings (SSSR count). The van der Waals surface area contributed by atoms with Crippen LogP contribution >= 0.6 is 34.8 Å². The van der Waals surface area contributed by atoms with E-state index in [-0.39, 0.29) is 5.38 Å². The third-order valence-electron chi connectivity index (χ3n) is 2.93. The van der Waals surface area contributed by atoms with Crippen LogP contribution in [-0.2, 0) is 0 Å². The Morgan fingerprint density at radius 1 is 1.05 bits per heavy atom. The lowest BCUT2D eigenvalue weighted by molar-refractivity contribution is 0.851. The summed E-state index contributed by atoms with van der Waals surface area (Å²) in [6.45, 7) is 0.674. The Hall–Kier alpha value is -0.890. The maximum absolute atomic E-state index is 6.44. The summed E-state index contributed by atoms with van der Waals surface area (Å²) in [5, 5.41) is 1.04. The van der Waals surface area contributed by atoms with Gasteiger partial charge in [-0.2, -0.15) is 0 Å². The van der Waals surface area contributed by atoms with Crippen LogP contribution in [0.1, 0.15) is 10.9 Å². The molecule has 4 heteroatoms. The molecule has 0 bridgehead atoms. The topological polar surface area (TPSA) is 3.24 Å². The van der Waals surface area contributed by atoms with Gasteiger partial charge in [0.2, 0.25) is 0 Å². The number of likely N-dealkylation sites (N-methyl/N-ethyl adjacent to an activating group) is 1. The van der Waals surface area contributed by atoms with Crippen LogP contribution in [0.4, 0.5) is 5.69 Å². The summed E-state index contributed by atoms with van der Waals surface area (Å²) in [5.74, 6) is 0. The van der Waals surface area contributed by atoms with Gasteiger partial charge in [-0.15, -0.1) is 11.6 Å². The summed E-state index contributed by atoms with van der Waals surface area (Å²) in [4.78, 5) is 2.10. The number of para-hydroxylation sites is 1. The molecule has 0 saturated carbocycles. The molecule has 19 heavy (non-hydrogen) atoms. The molecule has 100 valence electrons. The van der Waals surface area contributed by atoms with Crippen molar-refractivity contribution in [3.8, 4) is 0 Å². The molecular formula is C15H14Cl3N. The van der Waals surface area contributed by atoms with Crippen molar-refractivity contribution >= 4 is 40.5 Å². The zero-order valence-corrected chi connectivity index (χ0v) is 12.8. The van der Waals surface area contributed by atoms with Gasteiger partial charge in [0.25, 0.3) is 0 Å². The average Bonchev–Trinajstić information content (AvgIpc) is 2.39. The monoisotopic (exact) mass is 313 g/mol. The van der Waals surface area contributed by atoms with Gasteiger partial charge in [0, 0.05) is 29.3 Å². The molecule has 2 aromatic carbocycles. The first-order valence-corrected chi connectivity index (χ1v) is 7.12. The van der Waals surface area contributed by atoms with Crippen molar-refractivity contribution in [2.75, 3.05) is 18.5 Å². The van der Waals surface area contributed by atoms with Gasteiger partial charge in [0.1, 0.15) is 0 Å². The number of alkyl halides is 1. The van der Waals surface area contributed by atoms with Crippen molar-refractivity contribution in [1.82, 2.24) is 0 Å². The van der Waals surface area contributed by atoms with E-state index in [0.29, 0.717) is 16.6 Å². The summed E-state index contributed by atoms with van der Waals surface area (Å²) >= 11 is 18.5. The van der Waals surface area contributed by atoms with Crippen LogP contribution in [0.25, 0.3) is 0 Å². The summed E-state index contributed by atoms with van der Waals surface area (Å²) in [5.41, 5.74) is 2.02. The normalized spacial score (nSPS) is 12.2. The predicted molar refractivity (Wildman–Crippen MR) is 84.8 cm³/mol. The summed E-state index contributed by atoms with van der Waals surface area (Å²) < 4.78 is 0. The van der Waals surface area contributed by atoms with Gasteiger partial charge in [0.05, 0.1) is 5.38 Å². The Balaban J connectivity index is 2.10. The van der Waals surface area contributed by atoms with Gasteiger partial charge in [-0.25, -0.2) is 0 Å². The molecule has 0 fully saturated rings. The minimum atomic E-state index is -0.185. The highest BCUT2D eigenvalue weighted by atomic mass is 35.5. The first kappa shape index (κ1) is 14.5. The van der Waals surface area contributed by atoms with E-state index < -0.39 is 0 Å². The van der Waals surface area contributed by atoms with Gasteiger partial charge in [-0.1, -0.05) is 47.5 Å². The molecule has 1 unspecified atom stereocenters. The van der Waals surface area contributed by atoms with E-state index >= 15 is 0 Å². The predicted octanol–water partition coefficient (Wildman–Crippen LogP) is 5.41. The van der Waals surface area contributed by atoms with Crippen LogP contribution in [0, 0.1) is 0 Å². The second-order valence-electron chi connectivity index (χ2n) is 4.35. The van der Waals surface area contributed by atoms with Crippen molar-refractivity contribution in [3.05, 3.63) is 64.1 Å². The van der Waals surface area contributed by atoms with Gasteiger partial charge >= 0.3 is 0 Å². The van der Waals surface area contributed by atoms with Crippen LogP contribution in [-0.4, -0.2) is 13.6 Å². The fraction of sp³-hybridized carbons (Fsp3) is 0.200. The van der Waals surface area contributed by atoms with Gasteiger partial charge in [-0.05, 0) is 29.8 Å². The van der Waals surface area contributed by atoms with E-state index in [9.17, 15) is 0 Å². The molecule has 1 atom stereocenters. The summed E-state index contributed by atoms with van der Waals surface area (Å²) in [6, 6.07) is 15.5. The molecule has 0 aliphatic rings. The van der Waals surface area contributed by atoms with Crippen LogP contribution in [0.3, 0.4) is 0 Å². The second-order valence-corrected chi connectivity index (χ2v) is 5.72. The number of nitrogens with zero attached hydrogens (tertiary/aromatic N) is 1. The van der Waals surface area contributed by atoms with E-state index in [1.807, 2.05) is 43.4 Å². The molecule has 0 heterocycles. The molecule has 0 amide bonds. The van der Waals surface area contributed by atoms with Crippen molar-refractivity contribution in [2.45, 2.75) is 5.38 Å². The second kappa shape index (κ2) is 6.51. The first-order chi connectivity index (χ1) is 9.08. The molecule has 0 aliphatic carbocycles. The van der Waals surface area contributed by atoms with E-state index in [1.165, 1.54) is 0 Å². The van der Waals surface area contributed by atoms with Crippen LogP contribution in [0.2, 0.25) is 10.0 Å². The van der Waals surface area contributed by atoms with Gasteiger partial charge < -0.3 is 4.90 Å². The third-order valence-corrected chi connectivity index (χ3v) is 3.87. The molecular weight excluding hydrogens is 301 g/mol. The van der Waals surface area contributed by atoms with Crippen molar-refractivity contribution in [1.29, 1.82) is 0 Å². The van der Waals surface area contributed by atoms with Gasteiger partial charge in [0.15, 0.2) is 0 Å². The lowest BCUT2D eigenvalue weighted by atomic mass is 10.1. The highest BCUT2D eigenvalue weighted by Gasteiger charge is 2.14. The van der Waals surface area contributed by atoms with E-state index in [0.717, 1.165) is 11.3 Å². The molecule has 0 radical (unpaired) electrons. The Labute approximate surface area is 128 Å². The minimum absolute atomic E-state index is 0.185. The summed E-state index contributed by atoms with van der Waals surface area (Å²) in [7, 11) is 2.01. The summed E-state index contributed by atoms with van der Waals surface area (Å²) in [6.07, 6.45) is 0. The largest absolute Gasteiger partial charge is 0.373 e. The fourth-order valence-corrected chi connectivity index (χ4v) is 2.88. The molecule has 0 spiro atoms. The number of halogens is 3. The average molecular weight is 315 g/mol. The quantitative estimate of drug-likeness (QED) is 0.682. The van der Waals surface area contributed by atoms with Crippen LogP contribution in [0.5, 0.6) is 0 Å². The minimum Gasteiger partial charge on any atom is -0.373 e. The molecule has 0 aliphatic heterocycles. The zero-order valence-electron chi connectivity index (χ0n) is 10.5. The molecule has 2 aromatic rings.